The molecule has 24 heavy (non-hydrogen) atoms. The molecule has 0 aliphatic carbocycles. The number of carbonyl (C=O) groups excluding carboxylic acids is 1. The fourth-order valence-corrected chi connectivity index (χ4v) is 2.55. The average Bonchev–Trinajstić information content (AvgIpc) is 2.60. The lowest BCUT2D eigenvalue weighted by Crippen LogP contribution is -2.15. The number of hydrogen-bond acceptors (Lipinski definition) is 5. The van der Waals surface area contributed by atoms with Crippen LogP contribution in [0.25, 0.3) is 21.7 Å². The summed E-state index contributed by atoms with van der Waals surface area (Å²) in [6, 6.07) is 10.8. The Balaban J connectivity index is 1.99. The molecule has 1 aromatic heterocycles. The van der Waals surface area contributed by atoms with Gasteiger partial charge in [-0.05, 0) is 30.5 Å². The van der Waals surface area contributed by atoms with Crippen molar-refractivity contribution in [3.05, 3.63) is 65.0 Å². The molecule has 5 heteroatoms. The van der Waals surface area contributed by atoms with Crippen LogP contribution in [0.15, 0.2) is 58.3 Å². The van der Waals surface area contributed by atoms with Gasteiger partial charge < -0.3 is 13.9 Å². The highest BCUT2D eigenvalue weighted by molar-refractivity contribution is 6.05. The number of ether oxygens (including phenoxy) is 2. The first-order valence-electron chi connectivity index (χ1n) is 7.46. The molecule has 0 radical (unpaired) electrons. The zero-order valence-electron chi connectivity index (χ0n) is 13.2. The van der Waals surface area contributed by atoms with Gasteiger partial charge in [0.15, 0.2) is 6.61 Å². The van der Waals surface area contributed by atoms with E-state index in [1.165, 1.54) is 6.08 Å². The minimum atomic E-state index is -0.491. The van der Waals surface area contributed by atoms with Crippen molar-refractivity contribution in [2.24, 2.45) is 0 Å². The molecule has 0 N–H and O–H groups in total. The maximum atomic E-state index is 12.1. The van der Waals surface area contributed by atoms with E-state index in [0.29, 0.717) is 22.3 Å². The van der Waals surface area contributed by atoms with Gasteiger partial charge in [0.1, 0.15) is 17.9 Å². The van der Waals surface area contributed by atoms with E-state index in [2.05, 4.69) is 6.58 Å². The molecule has 0 amide bonds. The van der Waals surface area contributed by atoms with E-state index < -0.39 is 11.6 Å². The molecule has 122 valence electrons. The molecule has 1 heterocycles. The Morgan fingerprint density at radius 3 is 2.67 bits per heavy atom. The quantitative estimate of drug-likeness (QED) is 0.312. The maximum Gasteiger partial charge on any atom is 0.344 e. The van der Waals surface area contributed by atoms with Crippen molar-refractivity contribution in [3.63, 3.8) is 0 Å². The predicted molar refractivity (Wildman–Crippen MR) is 91.4 cm³/mol. The van der Waals surface area contributed by atoms with Gasteiger partial charge >= 0.3 is 11.6 Å². The molecule has 0 aliphatic heterocycles. The Morgan fingerprint density at radius 1 is 1.17 bits per heavy atom. The molecule has 0 saturated carbocycles. The summed E-state index contributed by atoms with van der Waals surface area (Å²) in [4.78, 5) is 23.7. The van der Waals surface area contributed by atoms with Crippen molar-refractivity contribution in [1.82, 2.24) is 0 Å². The molecule has 3 aromatic rings. The summed E-state index contributed by atoms with van der Waals surface area (Å²) in [7, 11) is 0. The number of benzene rings is 2. The fraction of sp³-hybridized carbons (Fsp3) is 0.158. The third kappa shape index (κ3) is 2.88. The summed E-state index contributed by atoms with van der Waals surface area (Å²) in [6.07, 6.45) is 1.49. The van der Waals surface area contributed by atoms with E-state index in [1.807, 2.05) is 18.2 Å². The van der Waals surface area contributed by atoms with Crippen LogP contribution in [0.3, 0.4) is 0 Å². The lowest BCUT2D eigenvalue weighted by atomic mass is 10.0. The second-order valence-corrected chi connectivity index (χ2v) is 5.26. The number of rotatable bonds is 5. The summed E-state index contributed by atoms with van der Waals surface area (Å²) in [6.45, 7) is 5.17. The zero-order valence-corrected chi connectivity index (χ0v) is 13.2. The lowest BCUT2D eigenvalue weighted by molar-refractivity contribution is -0.144. The van der Waals surface area contributed by atoms with Gasteiger partial charge in [-0.1, -0.05) is 30.9 Å². The van der Waals surface area contributed by atoms with E-state index in [1.54, 1.807) is 25.1 Å². The first-order valence-corrected chi connectivity index (χ1v) is 7.46. The molecule has 0 spiro atoms. The summed E-state index contributed by atoms with van der Waals surface area (Å²) in [5.41, 5.74) is 0.714. The molecular weight excluding hydrogens is 308 g/mol. The standard InChI is InChI=1S/C19H16O5/c1-3-10-22-17(20)11-23-16-9-8-14-13-6-4-5-7-15(13)19(21)24-18(14)12(16)2/h3-9H,1,10-11H2,2H3. The van der Waals surface area contributed by atoms with Gasteiger partial charge in [0.05, 0.1) is 5.39 Å². The summed E-state index contributed by atoms with van der Waals surface area (Å²) >= 11 is 0. The van der Waals surface area contributed by atoms with Gasteiger partial charge in [-0.15, -0.1) is 0 Å². The van der Waals surface area contributed by atoms with Crippen LogP contribution in [-0.4, -0.2) is 19.2 Å². The monoisotopic (exact) mass is 324 g/mol. The van der Waals surface area contributed by atoms with Crippen molar-refractivity contribution >= 4 is 27.7 Å². The number of hydrogen-bond donors (Lipinski definition) is 0. The zero-order chi connectivity index (χ0) is 17.1. The van der Waals surface area contributed by atoms with Crippen molar-refractivity contribution in [2.45, 2.75) is 6.92 Å². The summed E-state index contributed by atoms with van der Waals surface area (Å²) < 4.78 is 15.8. The van der Waals surface area contributed by atoms with Crippen LogP contribution in [0.4, 0.5) is 0 Å². The maximum absolute atomic E-state index is 12.1. The van der Waals surface area contributed by atoms with E-state index in [4.69, 9.17) is 13.9 Å². The second-order valence-electron chi connectivity index (χ2n) is 5.26. The third-order valence-corrected chi connectivity index (χ3v) is 3.70. The fourth-order valence-electron chi connectivity index (χ4n) is 2.55. The summed E-state index contributed by atoms with van der Waals surface area (Å²) in [5.74, 6) is -0.0224. The van der Waals surface area contributed by atoms with Crippen molar-refractivity contribution in [1.29, 1.82) is 0 Å². The predicted octanol–water partition coefficient (Wildman–Crippen LogP) is 3.36. The molecule has 0 aliphatic rings. The van der Waals surface area contributed by atoms with Crippen LogP contribution < -0.4 is 10.4 Å². The number of aryl methyl sites for hydroxylation is 1. The van der Waals surface area contributed by atoms with Gasteiger partial charge in [0.2, 0.25) is 0 Å². The number of esters is 1. The molecule has 0 fully saturated rings. The van der Waals surface area contributed by atoms with Crippen molar-refractivity contribution in [3.8, 4) is 5.75 Å². The van der Waals surface area contributed by atoms with Crippen LogP contribution in [0.1, 0.15) is 5.56 Å². The Hall–Kier alpha value is -3.08. The number of fused-ring (bicyclic) bond motifs is 3. The minimum Gasteiger partial charge on any atom is -0.481 e. The third-order valence-electron chi connectivity index (χ3n) is 3.70. The molecule has 2 aromatic carbocycles. The SMILES string of the molecule is C=CCOC(=O)COc1ccc2c(oc(=O)c3ccccc32)c1C. The van der Waals surface area contributed by atoms with Crippen LogP contribution in [0, 0.1) is 6.92 Å². The molecule has 3 rings (SSSR count). The van der Waals surface area contributed by atoms with E-state index in [9.17, 15) is 9.59 Å². The largest absolute Gasteiger partial charge is 0.481 e. The van der Waals surface area contributed by atoms with Gasteiger partial charge in [-0.3, -0.25) is 0 Å². The first-order chi connectivity index (χ1) is 11.6. The lowest BCUT2D eigenvalue weighted by Gasteiger charge is -2.11. The molecule has 0 atom stereocenters. The molecule has 0 unspecified atom stereocenters. The van der Waals surface area contributed by atoms with Crippen molar-refractivity contribution < 1.29 is 18.7 Å². The smallest absolute Gasteiger partial charge is 0.344 e. The molecule has 5 nitrogen and oxygen atoms in total. The van der Waals surface area contributed by atoms with Crippen molar-refractivity contribution in [2.75, 3.05) is 13.2 Å². The normalized spacial score (nSPS) is 10.7. The Labute approximate surface area is 138 Å². The minimum absolute atomic E-state index is 0.139. The molecular formula is C19H16O5. The highest BCUT2D eigenvalue weighted by Crippen LogP contribution is 2.30. The van der Waals surface area contributed by atoms with E-state index in [-0.39, 0.29) is 13.2 Å². The van der Waals surface area contributed by atoms with Crippen LogP contribution in [-0.2, 0) is 9.53 Å². The molecule has 0 saturated heterocycles. The summed E-state index contributed by atoms with van der Waals surface area (Å²) in [5, 5.41) is 2.18. The second kappa shape index (κ2) is 6.58. The van der Waals surface area contributed by atoms with Crippen LogP contribution in [0.2, 0.25) is 0 Å². The Kier molecular flexibility index (Phi) is 4.33. The van der Waals surface area contributed by atoms with E-state index >= 15 is 0 Å². The van der Waals surface area contributed by atoms with E-state index in [0.717, 1.165) is 10.8 Å². The first kappa shape index (κ1) is 15.8. The van der Waals surface area contributed by atoms with Crippen LogP contribution in [0.5, 0.6) is 5.75 Å². The Bertz CT molecular complexity index is 984. The van der Waals surface area contributed by atoms with Gasteiger partial charge in [0.25, 0.3) is 0 Å². The van der Waals surface area contributed by atoms with Crippen LogP contribution >= 0.6 is 0 Å². The van der Waals surface area contributed by atoms with Gasteiger partial charge in [0, 0.05) is 10.9 Å². The topological polar surface area (TPSA) is 65.7 Å². The molecule has 0 bridgehead atoms. The van der Waals surface area contributed by atoms with Gasteiger partial charge in [-0.25, -0.2) is 9.59 Å². The highest BCUT2D eigenvalue weighted by Gasteiger charge is 2.13. The number of carbonyl (C=O) groups is 1. The highest BCUT2D eigenvalue weighted by atomic mass is 16.6. The Morgan fingerprint density at radius 2 is 1.92 bits per heavy atom. The average molecular weight is 324 g/mol. The van der Waals surface area contributed by atoms with Gasteiger partial charge in [-0.2, -0.15) is 0 Å².